The molecule has 5 aromatic carbocycles. The van der Waals surface area contributed by atoms with Gasteiger partial charge in [0.1, 0.15) is 11.3 Å². The average molecular weight is 630 g/mol. The van der Waals surface area contributed by atoms with Crippen LogP contribution in [0.15, 0.2) is 134 Å². The van der Waals surface area contributed by atoms with Gasteiger partial charge in [0.05, 0.1) is 22.6 Å². The number of aromatic nitrogens is 2. The van der Waals surface area contributed by atoms with E-state index in [4.69, 9.17) is 9.97 Å². The predicted molar refractivity (Wildman–Crippen MR) is 189 cm³/mol. The molecule has 0 radical (unpaired) electrons. The molecule has 0 fully saturated rings. The molecule has 0 bridgehead atoms. The smallest absolute Gasteiger partial charge is 0.340 e. The molecular weight excluding hydrogens is 598 g/mol. The maximum atomic E-state index is 14.6. The van der Waals surface area contributed by atoms with Crippen molar-refractivity contribution in [3.8, 4) is 39.3 Å². The summed E-state index contributed by atoms with van der Waals surface area (Å²) in [5, 5.41) is 26.4. The molecule has 0 aliphatic heterocycles. The molecule has 0 aliphatic rings. The van der Waals surface area contributed by atoms with Gasteiger partial charge in [-0.25, -0.2) is 9.78 Å². The number of carboxylic acid groups (broad SMARTS) is 1. The maximum absolute atomic E-state index is 14.6. The number of pyridine rings is 2. The van der Waals surface area contributed by atoms with Gasteiger partial charge >= 0.3 is 5.97 Å². The van der Waals surface area contributed by atoms with Gasteiger partial charge in [-0.3, -0.25) is 9.78 Å². The molecule has 7 nitrogen and oxygen atoms in total. The number of aromatic carboxylic acids is 1. The highest BCUT2D eigenvalue weighted by atomic mass is 16.4. The summed E-state index contributed by atoms with van der Waals surface area (Å²) in [5.41, 5.74) is 5.05. The van der Waals surface area contributed by atoms with E-state index in [1.807, 2.05) is 104 Å². The zero-order chi connectivity index (χ0) is 33.2. The number of benzene rings is 5. The maximum Gasteiger partial charge on any atom is 0.340 e. The Morgan fingerprint density at radius 2 is 1.33 bits per heavy atom. The number of rotatable bonds is 8. The fraction of sp³-hybridized carbons (Fsp3) is 0.0732. The number of aromatic hydroxyl groups is 1. The van der Waals surface area contributed by atoms with Gasteiger partial charge in [-0.1, -0.05) is 122 Å². The number of carbonyl (C=O) groups excluding carboxylic acids is 1. The lowest BCUT2D eigenvalue weighted by Gasteiger charge is -2.22. The van der Waals surface area contributed by atoms with Crippen LogP contribution in [0.5, 0.6) is 5.75 Å². The highest BCUT2D eigenvalue weighted by Crippen LogP contribution is 2.45. The monoisotopic (exact) mass is 629 g/mol. The number of para-hydroxylation sites is 1. The number of carboxylic acids is 1. The number of amides is 1. The first-order chi connectivity index (χ1) is 23.5. The van der Waals surface area contributed by atoms with Crippen molar-refractivity contribution in [2.75, 3.05) is 0 Å². The molecule has 1 atom stereocenters. The van der Waals surface area contributed by atoms with Crippen LogP contribution < -0.4 is 5.32 Å². The Kier molecular flexibility index (Phi) is 8.09. The zero-order valence-electron chi connectivity index (χ0n) is 26.1. The molecule has 0 saturated heterocycles. The van der Waals surface area contributed by atoms with Crippen LogP contribution in [0.3, 0.4) is 0 Å². The first-order valence-corrected chi connectivity index (χ1v) is 15.7. The Hall–Kier alpha value is -6.34. The number of nitrogens with one attached hydrogen (secondary N) is 1. The normalized spacial score (nSPS) is 11.8. The summed E-state index contributed by atoms with van der Waals surface area (Å²) >= 11 is 0. The molecule has 2 aromatic heterocycles. The lowest BCUT2D eigenvalue weighted by Crippen LogP contribution is -2.29. The summed E-state index contributed by atoms with van der Waals surface area (Å²) in [5.74, 6) is -2.11. The Labute approximate surface area is 277 Å². The number of carbonyl (C=O) groups is 2. The van der Waals surface area contributed by atoms with Gasteiger partial charge in [0, 0.05) is 33.7 Å². The highest BCUT2D eigenvalue weighted by Gasteiger charge is 2.29. The van der Waals surface area contributed by atoms with Crippen molar-refractivity contribution < 1.29 is 19.8 Å². The fourth-order valence-corrected chi connectivity index (χ4v) is 6.40. The Morgan fingerprint density at radius 1 is 0.708 bits per heavy atom. The SMILES string of the molecule is CCC(NC(=O)c1c(-c2c(-c3ccccc3)ccc3nc(-c4ccccc4)c(O)c(C(=O)O)c23)cnc2ccccc12)c1ccccc1. The zero-order valence-corrected chi connectivity index (χ0v) is 26.1. The standard InChI is InChI=1S/C41H31N3O4/c1-2-31(26-16-8-4-9-17-26)44-40(46)35-29-20-12-13-21-32(29)42-24-30(35)34-28(25-14-6-3-7-15-25)22-23-33-36(34)37(41(47)48)39(45)38(43-33)27-18-10-5-11-19-27/h3-24,31,45H,2H2,1H3,(H,44,46)(H,47,48). The van der Waals surface area contributed by atoms with Crippen LogP contribution in [0.25, 0.3) is 55.3 Å². The molecule has 48 heavy (non-hydrogen) atoms. The molecule has 2 heterocycles. The van der Waals surface area contributed by atoms with Crippen LogP contribution in [0, 0.1) is 0 Å². The van der Waals surface area contributed by atoms with Gasteiger partial charge in [-0.2, -0.15) is 0 Å². The van der Waals surface area contributed by atoms with Gasteiger partial charge in [0.2, 0.25) is 0 Å². The minimum absolute atomic E-state index is 0.155. The number of hydrogen-bond donors (Lipinski definition) is 3. The molecule has 7 heteroatoms. The first kappa shape index (κ1) is 30.3. The van der Waals surface area contributed by atoms with Gasteiger partial charge in [-0.15, -0.1) is 0 Å². The molecule has 7 rings (SSSR count). The van der Waals surface area contributed by atoms with Crippen LogP contribution in [0.1, 0.15) is 45.7 Å². The lowest BCUT2D eigenvalue weighted by molar-refractivity contribution is 0.0695. The van der Waals surface area contributed by atoms with E-state index in [1.54, 1.807) is 36.5 Å². The Balaban J connectivity index is 1.57. The van der Waals surface area contributed by atoms with Crippen LogP contribution in [-0.4, -0.2) is 32.1 Å². The van der Waals surface area contributed by atoms with Crippen LogP contribution >= 0.6 is 0 Å². The molecular formula is C41H31N3O4. The molecule has 234 valence electrons. The van der Waals surface area contributed by atoms with Gasteiger partial charge in [0.25, 0.3) is 5.91 Å². The van der Waals surface area contributed by atoms with Crippen LogP contribution in [-0.2, 0) is 0 Å². The fourth-order valence-electron chi connectivity index (χ4n) is 6.40. The van der Waals surface area contributed by atoms with E-state index in [2.05, 4.69) is 5.32 Å². The van der Waals surface area contributed by atoms with E-state index in [-0.39, 0.29) is 28.6 Å². The minimum atomic E-state index is -1.32. The van der Waals surface area contributed by atoms with Gasteiger partial charge in [0.15, 0.2) is 5.75 Å². The molecule has 0 saturated carbocycles. The molecule has 1 unspecified atom stereocenters. The molecule has 0 spiro atoms. The van der Waals surface area contributed by atoms with Crippen LogP contribution in [0.4, 0.5) is 0 Å². The molecule has 7 aromatic rings. The molecule has 3 N–H and O–H groups in total. The van der Waals surface area contributed by atoms with Crippen LogP contribution in [0.2, 0.25) is 0 Å². The third kappa shape index (κ3) is 5.41. The summed E-state index contributed by atoms with van der Waals surface area (Å²) in [6.45, 7) is 2.01. The average Bonchev–Trinajstić information content (AvgIpc) is 3.13. The van der Waals surface area contributed by atoms with Crippen molar-refractivity contribution in [1.29, 1.82) is 0 Å². The molecule has 0 aliphatic carbocycles. The Morgan fingerprint density at radius 3 is 2.00 bits per heavy atom. The quantitative estimate of drug-likeness (QED) is 0.155. The van der Waals surface area contributed by atoms with Gasteiger partial charge < -0.3 is 15.5 Å². The van der Waals surface area contributed by atoms with E-state index in [0.29, 0.717) is 50.7 Å². The Bertz CT molecular complexity index is 2310. The summed E-state index contributed by atoms with van der Waals surface area (Å²) in [6.07, 6.45) is 2.27. The summed E-state index contributed by atoms with van der Waals surface area (Å²) in [6, 6.07) is 39.1. The van der Waals surface area contributed by atoms with Gasteiger partial charge in [-0.05, 0) is 35.2 Å². The van der Waals surface area contributed by atoms with Crippen molar-refractivity contribution in [1.82, 2.24) is 15.3 Å². The van der Waals surface area contributed by atoms with E-state index >= 15 is 0 Å². The molecule has 1 amide bonds. The summed E-state index contributed by atoms with van der Waals surface area (Å²) in [4.78, 5) is 37.3. The number of hydrogen-bond acceptors (Lipinski definition) is 5. The first-order valence-electron chi connectivity index (χ1n) is 15.7. The van der Waals surface area contributed by atoms with Crippen molar-refractivity contribution in [2.45, 2.75) is 19.4 Å². The largest absolute Gasteiger partial charge is 0.505 e. The number of fused-ring (bicyclic) bond motifs is 2. The van der Waals surface area contributed by atoms with E-state index in [9.17, 15) is 19.8 Å². The summed E-state index contributed by atoms with van der Waals surface area (Å²) in [7, 11) is 0. The summed E-state index contributed by atoms with van der Waals surface area (Å²) < 4.78 is 0. The van der Waals surface area contributed by atoms with E-state index in [1.165, 1.54) is 0 Å². The van der Waals surface area contributed by atoms with Crippen molar-refractivity contribution in [2.24, 2.45) is 0 Å². The number of nitrogens with zero attached hydrogens (tertiary/aromatic N) is 2. The topological polar surface area (TPSA) is 112 Å². The van der Waals surface area contributed by atoms with Crippen molar-refractivity contribution in [3.63, 3.8) is 0 Å². The van der Waals surface area contributed by atoms with E-state index in [0.717, 1.165) is 11.1 Å². The third-order valence-electron chi connectivity index (χ3n) is 8.66. The second-order valence-electron chi connectivity index (χ2n) is 11.5. The van der Waals surface area contributed by atoms with Crippen molar-refractivity contribution in [3.05, 3.63) is 150 Å². The second kappa shape index (κ2) is 12.8. The second-order valence-corrected chi connectivity index (χ2v) is 11.5. The predicted octanol–water partition coefficient (Wildman–Crippen LogP) is 9.07. The van der Waals surface area contributed by atoms with E-state index < -0.39 is 11.7 Å². The lowest BCUT2D eigenvalue weighted by atomic mass is 9.86. The third-order valence-corrected chi connectivity index (χ3v) is 8.66. The highest BCUT2D eigenvalue weighted by molar-refractivity contribution is 6.20. The van der Waals surface area contributed by atoms with Crippen molar-refractivity contribution >= 4 is 33.7 Å². The minimum Gasteiger partial charge on any atom is -0.505 e.